The van der Waals surface area contributed by atoms with E-state index in [0.717, 1.165) is 34.8 Å². The SMILES string of the molecule is CCN=c1scc(-c2cc(OC)c(OC)c(OC)c2)n1N=C1CCC(C(C)(C)C)CC1. The van der Waals surface area contributed by atoms with E-state index in [4.69, 9.17) is 19.3 Å². The first-order chi connectivity index (χ1) is 14.8. The van der Waals surface area contributed by atoms with E-state index in [1.54, 1.807) is 32.7 Å². The molecular weight excluding hydrogens is 410 g/mol. The summed E-state index contributed by atoms with van der Waals surface area (Å²) in [7, 11) is 4.88. The predicted molar refractivity (Wildman–Crippen MR) is 128 cm³/mol. The van der Waals surface area contributed by atoms with Crippen LogP contribution in [0.15, 0.2) is 27.6 Å². The Morgan fingerprint density at radius 3 is 2.13 bits per heavy atom. The Bertz CT molecular complexity index is 963. The molecule has 2 aromatic rings. The summed E-state index contributed by atoms with van der Waals surface area (Å²) >= 11 is 1.60. The third-order valence-electron chi connectivity index (χ3n) is 5.97. The highest BCUT2D eigenvalue weighted by atomic mass is 32.1. The summed E-state index contributed by atoms with van der Waals surface area (Å²) in [6, 6.07) is 3.93. The van der Waals surface area contributed by atoms with Crippen molar-refractivity contribution < 1.29 is 14.2 Å². The van der Waals surface area contributed by atoms with Gasteiger partial charge in [0.2, 0.25) is 10.6 Å². The van der Waals surface area contributed by atoms with Gasteiger partial charge in [0, 0.05) is 23.2 Å². The van der Waals surface area contributed by atoms with Crippen LogP contribution < -0.4 is 19.0 Å². The molecule has 6 nitrogen and oxygen atoms in total. The smallest absolute Gasteiger partial charge is 0.206 e. The van der Waals surface area contributed by atoms with Gasteiger partial charge in [-0.3, -0.25) is 4.99 Å². The molecule has 0 unspecified atom stereocenters. The summed E-state index contributed by atoms with van der Waals surface area (Å²) in [5, 5.41) is 7.18. The number of hydrogen-bond acceptors (Lipinski definition) is 6. The number of thiazole rings is 1. The molecule has 1 aliphatic carbocycles. The van der Waals surface area contributed by atoms with Gasteiger partial charge in [0.1, 0.15) is 0 Å². The molecule has 1 aromatic heterocycles. The van der Waals surface area contributed by atoms with Crippen molar-refractivity contribution in [2.24, 2.45) is 21.4 Å². The lowest BCUT2D eigenvalue weighted by Crippen LogP contribution is -2.26. The molecule has 31 heavy (non-hydrogen) atoms. The average molecular weight is 446 g/mol. The quantitative estimate of drug-likeness (QED) is 0.581. The first kappa shape index (κ1) is 23.4. The van der Waals surface area contributed by atoms with Crippen LogP contribution >= 0.6 is 11.3 Å². The van der Waals surface area contributed by atoms with Crippen LogP contribution in [0, 0.1) is 11.3 Å². The molecule has 170 valence electrons. The van der Waals surface area contributed by atoms with Gasteiger partial charge in [-0.05, 0) is 56.1 Å². The summed E-state index contributed by atoms with van der Waals surface area (Å²) in [5.41, 5.74) is 3.52. The van der Waals surface area contributed by atoms with Crippen molar-refractivity contribution in [3.05, 3.63) is 22.3 Å². The van der Waals surface area contributed by atoms with E-state index in [1.165, 1.54) is 18.6 Å². The zero-order valence-corrected chi connectivity index (χ0v) is 20.6. The van der Waals surface area contributed by atoms with Gasteiger partial charge in [-0.25, -0.2) is 4.68 Å². The molecule has 1 fully saturated rings. The highest BCUT2D eigenvalue weighted by Gasteiger charge is 2.28. The minimum Gasteiger partial charge on any atom is -0.493 e. The lowest BCUT2D eigenvalue weighted by Gasteiger charge is -2.34. The van der Waals surface area contributed by atoms with Crippen molar-refractivity contribution >= 4 is 17.0 Å². The van der Waals surface area contributed by atoms with Crippen LogP contribution in [0.25, 0.3) is 11.3 Å². The summed E-state index contributed by atoms with van der Waals surface area (Å²) in [4.78, 5) is 5.58. The van der Waals surface area contributed by atoms with Gasteiger partial charge >= 0.3 is 0 Å². The largest absolute Gasteiger partial charge is 0.493 e. The summed E-state index contributed by atoms with van der Waals surface area (Å²) in [6.07, 6.45) is 4.44. The molecule has 0 amide bonds. The third kappa shape index (κ3) is 5.14. The van der Waals surface area contributed by atoms with Crippen LogP contribution in [0.3, 0.4) is 0 Å². The molecule has 1 aliphatic rings. The molecule has 0 saturated heterocycles. The van der Waals surface area contributed by atoms with E-state index < -0.39 is 0 Å². The highest BCUT2D eigenvalue weighted by molar-refractivity contribution is 7.07. The second-order valence-electron chi connectivity index (χ2n) is 8.91. The Kier molecular flexibility index (Phi) is 7.46. The minimum atomic E-state index is 0.352. The fraction of sp³-hybridized carbons (Fsp3) is 0.583. The Hall–Kier alpha value is -2.28. The van der Waals surface area contributed by atoms with Crippen molar-refractivity contribution in [3.63, 3.8) is 0 Å². The van der Waals surface area contributed by atoms with E-state index in [-0.39, 0.29) is 0 Å². The van der Waals surface area contributed by atoms with Crippen LogP contribution in [0.4, 0.5) is 0 Å². The van der Waals surface area contributed by atoms with Crippen molar-refractivity contribution in [1.82, 2.24) is 4.68 Å². The Labute approximate surface area is 189 Å². The number of aromatic nitrogens is 1. The maximum absolute atomic E-state index is 5.56. The monoisotopic (exact) mass is 445 g/mol. The zero-order valence-electron chi connectivity index (χ0n) is 19.8. The minimum absolute atomic E-state index is 0.352. The number of ether oxygens (including phenoxy) is 3. The highest BCUT2D eigenvalue weighted by Crippen LogP contribution is 2.41. The number of hydrogen-bond donors (Lipinski definition) is 0. The molecule has 1 aromatic carbocycles. The fourth-order valence-electron chi connectivity index (χ4n) is 4.13. The molecule has 0 radical (unpaired) electrons. The number of methoxy groups -OCH3 is 3. The number of benzene rings is 1. The van der Waals surface area contributed by atoms with Crippen LogP contribution in [-0.4, -0.2) is 38.3 Å². The molecule has 0 spiro atoms. The average Bonchev–Trinajstić information content (AvgIpc) is 3.14. The van der Waals surface area contributed by atoms with Gasteiger partial charge in [0.15, 0.2) is 11.5 Å². The lowest BCUT2D eigenvalue weighted by molar-refractivity contribution is 0.208. The molecule has 0 atom stereocenters. The van der Waals surface area contributed by atoms with Gasteiger partial charge < -0.3 is 14.2 Å². The van der Waals surface area contributed by atoms with E-state index in [0.29, 0.717) is 29.2 Å². The predicted octanol–water partition coefficient (Wildman–Crippen LogP) is 5.60. The van der Waals surface area contributed by atoms with Gasteiger partial charge in [-0.2, -0.15) is 5.10 Å². The maximum atomic E-state index is 5.56. The summed E-state index contributed by atoms with van der Waals surface area (Å²) in [6.45, 7) is 9.79. The molecule has 1 saturated carbocycles. The molecular formula is C24H35N3O3S. The first-order valence-electron chi connectivity index (χ1n) is 10.9. The van der Waals surface area contributed by atoms with E-state index in [9.17, 15) is 0 Å². The van der Waals surface area contributed by atoms with Crippen LogP contribution in [0.1, 0.15) is 53.4 Å². The Morgan fingerprint density at radius 1 is 1.03 bits per heavy atom. The van der Waals surface area contributed by atoms with E-state index >= 15 is 0 Å². The topological polar surface area (TPSA) is 57.3 Å². The third-order valence-corrected chi connectivity index (χ3v) is 6.82. The first-order valence-corrected chi connectivity index (χ1v) is 11.8. The summed E-state index contributed by atoms with van der Waals surface area (Å²) in [5.74, 6) is 2.58. The van der Waals surface area contributed by atoms with Crippen LogP contribution in [0.2, 0.25) is 0 Å². The standard InChI is InChI=1S/C24H35N3O3S/c1-8-25-23-27(26-18-11-9-17(10-12-18)24(2,3)4)19(15-31-23)16-13-20(28-5)22(30-7)21(14-16)29-6/h13-15,17H,8-12H2,1-7H3. The lowest BCUT2D eigenvalue weighted by atomic mass is 9.72. The fourth-order valence-corrected chi connectivity index (χ4v) is 5.02. The van der Waals surface area contributed by atoms with E-state index in [2.05, 4.69) is 31.1 Å². The Morgan fingerprint density at radius 2 is 1.65 bits per heavy atom. The van der Waals surface area contributed by atoms with Gasteiger partial charge in [0.25, 0.3) is 0 Å². The van der Waals surface area contributed by atoms with Gasteiger partial charge in [-0.1, -0.05) is 20.8 Å². The van der Waals surface area contributed by atoms with Crippen molar-refractivity contribution in [2.45, 2.75) is 53.4 Å². The van der Waals surface area contributed by atoms with Crippen molar-refractivity contribution in [2.75, 3.05) is 27.9 Å². The number of nitrogens with zero attached hydrogens (tertiary/aromatic N) is 3. The molecule has 3 rings (SSSR count). The van der Waals surface area contributed by atoms with Crippen molar-refractivity contribution in [3.8, 4) is 28.5 Å². The van der Waals surface area contributed by atoms with Crippen molar-refractivity contribution in [1.29, 1.82) is 0 Å². The normalized spacial score (nSPS) is 17.6. The van der Waals surface area contributed by atoms with Crippen LogP contribution in [0.5, 0.6) is 17.2 Å². The maximum Gasteiger partial charge on any atom is 0.206 e. The second-order valence-corrected chi connectivity index (χ2v) is 9.75. The number of rotatable bonds is 6. The second kappa shape index (κ2) is 9.90. The van der Waals surface area contributed by atoms with E-state index in [1.807, 2.05) is 23.7 Å². The zero-order chi connectivity index (χ0) is 22.6. The Balaban J connectivity index is 2.04. The van der Waals surface area contributed by atoms with Gasteiger partial charge in [0.05, 0.1) is 27.0 Å². The van der Waals surface area contributed by atoms with Crippen LogP contribution in [-0.2, 0) is 0 Å². The molecule has 0 bridgehead atoms. The molecule has 0 N–H and O–H groups in total. The summed E-state index contributed by atoms with van der Waals surface area (Å²) < 4.78 is 18.6. The molecule has 1 heterocycles. The van der Waals surface area contributed by atoms with Gasteiger partial charge in [-0.15, -0.1) is 11.3 Å². The molecule has 7 heteroatoms. The molecule has 0 aliphatic heterocycles.